The fraction of sp³-hybridized carbons (Fsp3) is 0.375. The highest BCUT2D eigenvalue weighted by atomic mass is 32.2. The molecule has 0 amide bonds. The zero-order valence-corrected chi connectivity index (χ0v) is 20.8. The minimum atomic E-state index is -4.72. The number of thiophene rings is 1. The van der Waals surface area contributed by atoms with Gasteiger partial charge >= 0.3 is 12.3 Å². The Balaban J connectivity index is 1.44. The molecule has 11 heteroatoms. The Morgan fingerprint density at radius 3 is 2.40 bits per heavy atom. The molecule has 1 N–H and O–H groups in total. The molecule has 3 unspecified atom stereocenters. The lowest BCUT2D eigenvalue weighted by Gasteiger charge is -2.43. The van der Waals surface area contributed by atoms with Gasteiger partial charge in [-0.3, -0.25) is 9.69 Å². The normalized spacial score (nSPS) is 20.7. The number of fused-ring (bicyclic) bond motifs is 1. The van der Waals surface area contributed by atoms with Crippen LogP contribution in [-0.2, 0) is 28.7 Å². The van der Waals surface area contributed by atoms with Crippen LogP contribution in [0.1, 0.15) is 25.0 Å². The number of halogens is 3. The molecule has 3 atom stereocenters. The molecule has 188 valence electrons. The van der Waals surface area contributed by atoms with Gasteiger partial charge in [-0.2, -0.15) is 0 Å². The fourth-order valence-electron chi connectivity index (χ4n) is 4.52. The van der Waals surface area contributed by atoms with E-state index in [1.807, 2.05) is 41.7 Å². The number of rotatable bonds is 7. The van der Waals surface area contributed by atoms with Crippen LogP contribution >= 0.6 is 11.3 Å². The Hall–Kier alpha value is -2.47. The first-order chi connectivity index (χ1) is 16.5. The number of alkyl halides is 3. The van der Waals surface area contributed by atoms with E-state index < -0.39 is 23.3 Å². The summed E-state index contributed by atoms with van der Waals surface area (Å²) in [5.74, 6) is -1.16. The average molecular weight is 527 g/mol. The van der Waals surface area contributed by atoms with Crippen LogP contribution in [0.2, 0.25) is 0 Å². The van der Waals surface area contributed by atoms with E-state index in [1.54, 1.807) is 12.1 Å². The quantitative estimate of drug-likeness (QED) is 0.467. The number of piperazine rings is 1. The lowest BCUT2D eigenvalue weighted by Crippen LogP contribution is -2.56. The van der Waals surface area contributed by atoms with Gasteiger partial charge in [0.25, 0.3) is 0 Å². The van der Waals surface area contributed by atoms with Crippen molar-refractivity contribution in [3.05, 3.63) is 59.0 Å². The summed E-state index contributed by atoms with van der Waals surface area (Å²) in [6, 6.07) is 11.3. The van der Waals surface area contributed by atoms with Crippen molar-refractivity contribution in [1.82, 2.24) is 9.21 Å². The number of benzene rings is 2. The predicted octanol–water partition coefficient (Wildman–Crippen LogP) is 5.04. The first-order valence-corrected chi connectivity index (χ1v) is 13.0. The van der Waals surface area contributed by atoms with Crippen molar-refractivity contribution < 1.29 is 32.0 Å². The second-order valence-electron chi connectivity index (χ2n) is 8.68. The van der Waals surface area contributed by atoms with E-state index in [2.05, 4.69) is 9.64 Å². The summed E-state index contributed by atoms with van der Waals surface area (Å²) in [6.07, 6.45) is -4.80. The van der Waals surface area contributed by atoms with E-state index in [4.69, 9.17) is 5.11 Å². The molecule has 6 nitrogen and oxygen atoms in total. The number of carboxylic acid groups (broad SMARTS) is 1. The van der Waals surface area contributed by atoms with E-state index in [1.165, 1.54) is 23.5 Å². The Morgan fingerprint density at radius 1 is 1.14 bits per heavy atom. The first-order valence-electron chi connectivity index (χ1n) is 11.0. The van der Waals surface area contributed by atoms with Gasteiger partial charge in [0.15, 0.2) is 0 Å². The third-order valence-electron chi connectivity index (χ3n) is 5.84. The topological polar surface area (TPSA) is 70.1 Å². The third kappa shape index (κ3) is 6.21. The molecule has 0 spiro atoms. The van der Waals surface area contributed by atoms with Gasteiger partial charge in [-0.1, -0.05) is 12.1 Å². The Kier molecular flexibility index (Phi) is 7.51. The van der Waals surface area contributed by atoms with Crippen molar-refractivity contribution in [2.75, 3.05) is 13.1 Å². The van der Waals surface area contributed by atoms with Crippen molar-refractivity contribution in [3.63, 3.8) is 0 Å². The van der Waals surface area contributed by atoms with Crippen molar-refractivity contribution in [2.45, 2.75) is 50.2 Å². The van der Waals surface area contributed by atoms with Crippen LogP contribution in [-0.4, -0.2) is 56.0 Å². The highest BCUT2D eigenvalue weighted by Gasteiger charge is 2.34. The maximum atomic E-state index is 13.5. The minimum absolute atomic E-state index is 0.0379. The molecule has 2 heterocycles. The van der Waals surface area contributed by atoms with E-state index in [0.717, 1.165) is 15.6 Å². The van der Waals surface area contributed by atoms with Crippen molar-refractivity contribution in [2.24, 2.45) is 0 Å². The molecule has 1 saturated heterocycles. The van der Waals surface area contributed by atoms with Crippen molar-refractivity contribution >= 4 is 38.4 Å². The average Bonchev–Trinajstić information content (AvgIpc) is 3.15. The smallest absolute Gasteiger partial charge is 0.481 e. The molecule has 0 saturated carbocycles. The summed E-state index contributed by atoms with van der Waals surface area (Å²) in [5, 5.41) is 11.8. The van der Waals surface area contributed by atoms with Crippen molar-refractivity contribution in [1.29, 1.82) is 0 Å². The third-order valence-corrected chi connectivity index (χ3v) is 8.61. The second-order valence-corrected chi connectivity index (χ2v) is 11.0. The van der Waals surface area contributed by atoms with Gasteiger partial charge in [0.1, 0.15) is 16.7 Å². The number of ether oxygens (including phenoxy) is 1. The molecule has 1 fully saturated rings. The summed E-state index contributed by atoms with van der Waals surface area (Å²) in [6.45, 7) is 5.84. The molecule has 0 radical (unpaired) electrons. The maximum Gasteiger partial charge on any atom is 0.573 e. The van der Waals surface area contributed by atoms with Gasteiger partial charge in [0, 0.05) is 36.4 Å². The highest BCUT2D eigenvalue weighted by Crippen LogP contribution is 2.31. The number of carbonyl (C=O) groups is 1. The number of carboxylic acids is 1. The standard InChI is InChI=1S/C24H25F3N2O4S2/c1-15-11-28(13-17-3-5-19(6-4-17)33-24(25,26)27)12-16(2)29(15)35(32)20-7-8-22-21(10-20)18(14-34-22)9-23(30)31/h3-8,10,14-16H,9,11-13H2,1-2H3,(H,30,31). The number of hydrogen-bond donors (Lipinski definition) is 1. The minimum Gasteiger partial charge on any atom is -0.481 e. The SMILES string of the molecule is CC1CN(Cc2ccc(OC(F)(F)F)cc2)CC(C)N1S(=O)c1ccc2scc(CC(=O)O)c2c1. The van der Waals surface area contributed by atoms with Crippen LogP contribution in [0.3, 0.4) is 0 Å². The van der Waals surface area contributed by atoms with E-state index in [0.29, 0.717) is 30.1 Å². The number of nitrogens with zero attached hydrogens (tertiary/aromatic N) is 2. The van der Waals surface area contributed by atoms with Gasteiger partial charge in [0.05, 0.1) is 11.3 Å². The van der Waals surface area contributed by atoms with Crippen LogP contribution in [0, 0.1) is 0 Å². The largest absolute Gasteiger partial charge is 0.573 e. The van der Waals surface area contributed by atoms with E-state index >= 15 is 0 Å². The second kappa shape index (κ2) is 10.3. The summed E-state index contributed by atoms with van der Waals surface area (Å²) >= 11 is 1.47. The summed E-state index contributed by atoms with van der Waals surface area (Å²) in [5.41, 5.74) is 1.58. The number of aliphatic carboxylic acids is 1. The zero-order valence-electron chi connectivity index (χ0n) is 19.1. The van der Waals surface area contributed by atoms with Crippen molar-refractivity contribution in [3.8, 4) is 5.75 Å². The summed E-state index contributed by atoms with van der Waals surface area (Å²) < 4.78 is 57.5. The fourth-order valence-corrected chi connectivity index (χ4v) is 6.90. The molecule has 3 aromatic rings. The Morgan fingerprint density at radius 2 is 1.80 bits per heavy atom. The predicted molar refractivity (Wildman–Crippen MR) is 129 cm³/mol. The van der Waals surface area contributed by atoms with Crippen LogP contribution in [0.5, 0.6) is 5.75 Å². The lowest BCUT2D eigenvalue weighted by molar-refractivity contribution is -0.274. The molecule has 35 heavy (non-hydrogen) atoms. The van der Waals surface area contributed by atoms with Gasteiger partial charge < -0.3 is 9.84 Å². The van der Waals surface area contributed by atoms with Crippen LogP contribution in [0.4, 0.5) is 13.2 Å². The zero-order chi connectivity index (χ0) is 25.3. The molecular weight excluding hydrogens is 501 g/mol. The van der Waals surface area contributed by atoms with Gasteiger partial charge in [-0.25, -0.2) is 8.51 Å². The Bertz CT molecular complexity index is 1220. The lowest BCUT2D eigenvalue weighted by atomic mass is 10.1. The molecule has 1 aliphatic heterocycles. The van der Waals surface area contributed by atoms with Gasteiger partial charge in [-0.05, 0) is 66.1 Å². The summed E-state index contributed by atoms with van der Waals surface area (Å²) in [4.78, 5) is 14.0. The van der Waals surface area contributed by atoms with Gasteiger partial charge in [0.2, 0.25) is 0 Å². The highest BCUT2D eigenvalue weighted by molar-refractivity contribution is 7.82. The summed E-state index contributed by atoms with van der Waals surface area (Å²) in [7, 11) is -1.42. The first kappa shape index (κ1) is 25.6. The molecule has 0 aliphatic carbocycles. The molecular formula is C24H25F3N2O4S2. The molecule has 1 aliphatic rings. The monoisotopic (exact) mass is 526 g/mol. The van der Waals surface area contributed by atoms with Crippen LogP contribution < -0.4 is 4.74 Å². The van der Waals surface area contributed by atoms with E-state index in [9.17, 15) is 22.2 Å². The Labute approximate surface area is 207 Å². The van der Waals surface area contributed by atoms with Crippen LogP contribution in [0.15, 0.2) is 52.7 Å². The molecule has 0 bridgehead atoms. The van der Waals surface area contributed by atoms with E-state index in [-0.39, 0.29) is 24.3 Å². The maximum absolute atomic E-state index is 13.5. The molecule has 2 aromatic carbocycles. The van der Waals surface area contributed by atoms with Crippen LogP contribution in [0.25, 0.3) is 10.1 Å². The number of hydrogen-bond acceptors (Lipinski definition) is 5. The molecule has 1 aromatic heterocycles. The van der Waals surface area contributed by atoms with Gasteiger partial charge in [-0.15, -0.1) is 24.5 Å². The molecule has 4 rings (SSSR count).